The zero-order valence-electron chi connectivity index (χ0n) is 25.5. The van der Waals surface area contributed by atoms with Crippen LogP contribution < -0.4 is 25.0 Å². The van der Waals surface area contributed by atoms with Crippen LogP contribution in [0.25, 0.3) is 32.2 Å². The van der Waals surface area contributed by atoms with Gasteiger partial charge in [0.2, 0.25) is 11.3 Å². The van der Waals surface area contributed by atoms with Gasteiger partial charge in [-0.3, -0.25) is 9.69 Å². The lowest BCUT2D eigenvalue weighted by molar-refractivity contribution is 0.0357. The first-order valence-corrected chi connectivity index (χ1v) is 16.0. The van der Waals surface area contributed by atoms with E-state index in [1.54, 1.807) is 43.8 Å². The number of hydrogen-bond donors (Lipinski definition) is 2. The number of anilines is 2. The van der Waals surface area contributed by atoms with Crippen molar-refractivity contribution in [1.29, 1.82) is 0 Å². The van der Waals surface area contributed by atoms with Gasteiger partial charge in [-0.2, -0.15) is 0 Å². The summed E-state index contributed by atoms with van der Waals surface area (Å²) in [5, 5.41) is 5.93. The lowest BCUT2D eigenvalue weighted by Gasteiger charge is -2.26. The van der Waals surface area contributed by atoms with Crippen molar-refractivity contribution in [3.63, 3.8) is 0 Å². The molecule has 7 rings (SSSR count). The maximum Gasteiger partial charge on any atom is 0.230 e. The minimum Gasteiger partial charge on any atom is -0.493 e. The second-order valence-corrected chi connectivity index (χ2v) is 11.8. The van der Waals surface area contributed by atoms with Crippen LogP contribution in [0.5, 0.6) is 23.1 Å². The Morgan fingerprint density at radius 2 is 1.96 bits per heavy atom. The van der Waals surface area contributed by atoms with Crippen LogP contribution in [0.4, 0.5) is 15.9 Å². The van der Waals surface area contributed by atoms with Gasteiger partial charge in [-0.15, -0.1) is 11.3 Å². The number of morpholine rings is 1. The van der Waals surface area contributed by atoms with Crippen molar-refractivity contribution >= 4 is 44.6 Å². The Kier molecular flexibility index (Phi) is 8.91. The number of pyridine rings is 2. The maximum absolute atomic E-state index is 15.5. The Morgan fingerprint density at radius 1 is 1.06 bits per heavy atom. The first-order valence-electron chi connectivity index (χ1n) is 15.1. The predicted octanol–water partition coefficient (Wildman–Crippen LogP) is 6.38. The van der Waals surface area contributed by atoms with E-state index in [-0.39, 0.29) is 17.1 Å². The second kappa shape index (κ2) is 13.7. The number of rotatable bonds is 11. The average Bonchev–Trinajstić information content (AvgIpc) is 3.63. The van der Waals surface area contributed by atoms with Gasteiger partial charge in [0.25, 0.3) is 0 Å². The summed E-state index contributed by atoms with van der Waals surface area (Å²) in [5.74, 6) is 0.841. The molecule has 0 aliphatic carbocycles. The van der Waals surface area contributed by atoms with Crippen molar-refractivity contribution in [3.8, 4) is 33.6 Å². The highest BCUT2D eigenvalue weighted by molar-refractivity contribution is 7.13. The normalized spacial score (nSPS) is 13.6. The Hall–Kier alpha value is -5.11. The first kappa shape index (κ1) is 30.5. The van der Waals surface area contributed by atoms with Crippen molar-refractivity contribution in [1.82, 2.24) is 24.8 Å². The highest BCUT2D eigenvalue weighted by Gasteiger charge is 2.17. The Labute approximate surface area is 272 Å². The van der Waals surface area contributed by atoms with E-state index in [0.29, 0.717) is 57.0 Å². The van der Waals surface area contributed by atoms with Gasteiger partial charge in [0.15, 0.2) is 23.1 Å². The van der Waals surface area contributed by atoms with Gasteiger partial charge in [0.1, 0.15) is 12.1 Å². The molecule has 13 heteroatoms. The van der Waals surface area contributed by atoms with Gasteiger partial charge < -0.3 is 29.2 Å². The van der Waals surface area contributed by atoms with Gasteiger partial charge in [-0.1, -0.05) is 6.07 Å². The molecule has 0 bridgehead atoms. The molecule has 5 heterocycles. The fourth-order valence-electron chi connectivity index (χ4n) is 5.46. The third-order valence-corrected chi connectivity index (χ3v) is 8.75. The number of halogens is 1. The summed E-state index contributed by atoms with van der Waals surface area (Å²) in [4.78, 5) is 32.8. The van der Waals surface area contributed by atoms with Crippen LogP contribution in [-0.4, -0.2) is 71.4 Å². The summed E-state index contributed by atoms with van der Waals surface area (Å²) in [7, 11) is 1.57. The smallest absolute Gasteiger partial charge is 0.230 e. The van der Waals surface area contributed by atoms with E-state index in [0.717, 1.165) is 44.1 Å². The number of aromatic amines is 1. The van der Waals surface area contributed by atoms with Crippen LogP contribution in [0, 0.1) is 5.82 Å². The number of thiophene rings is 1. The molecule has 1 saturated heterocycles. The number of aromatic nitrogens is 4. The van der Waals surface area contributed by atoms with Crippen LogP contribution in [0.3, 0.4) is 0 Å². The van der Waals surface area contributed by atoms with Gasteiger partial charge in [0, 0.05) is 54.7 Å². The number of H-pyrrole nitrogens is 1. The number of methoxy groups -OCH3 is 1. The molecule has 2 N–H and O–H groups in total. The van der Waals surface area contributed by atoms with E-state index in [4.69, 9.17) is 18.9 Å². The maximum atomic E-state index is 15.5. The molecule has 11 nitrogen and oxygen atoms in total. The Bertz CT molecular complexity index is 2080. The molecule has 1 fully saturated rings. The summed E-state index contributed by atoms with van der Waals surface area (Å²) >= 11 is 1.47. The van der Waals surface area contributed by atoms with Crippen molar-refractivity contribution in [2.45, 2.75) is 6.42 Å². The van der Waals surface area contributed by atoms with E-state index >= 15 is 4.39 Å². The summed E-state index contributed by atoms with van der Waals surface area (Å²) in [6.07, 6.45) is 5.46. The van der Waals surface area contributed by atoms with Crippen LogP contribution in [0.1, 0.15) is 6.42 Å². The molecule has 240 valence electrons. The molecule has 1 aliphatic heterocycles. The van der Waals surface area contributed by atoms with E-state index in [9.17, 15) is 4.79 Å². The monoisotopic (exact) mass is 654 g/mol. The highest BCUT2D eigenvalue weighted by atomic mass is 32.1. The largest absolute Gasteiger partial charge is 0.493 e. The van der Waals surface area contributed by atoms with E-state index in [1.165, 1.54) is 29.8 Å². The Balaban J connectivity index is 1.10. The number of nitrogens with zero attached hydrogens (tertiary/aromatic N) is 4. The van der Waals surface area contributed by atoms with E-state index < -0.39 is 5.82 Å². The molecule has 0 amide bonds. The molecule has 6 aromatic rings. The molecular formula is C34H31FN6O5S. The zero-order valence-corrected chi connectivity index (χ0v) is 26.3. The first-order chi connectivity index (χ1) is 23.1. The fraction of sp³-hybridized carbons (Fsp3) is 0.235. The van der Waals surface area contributed by atoms with Crippen molar-refractivity contribution in [3.05, 3.63) is 88.7 Å². The molecule has 0 spiro atoms. The number of benzene rings is 2. The molecule has 47 heavy (non-hydrogen) atoms. The van der Waals surface area contributed by atoms with Crippen molar-refractivity contribution < 1.29 is 23.3 Å². The molecule has 2 aromatic carbocycles. The molecule has 0 unspecified atom stereocenters. The molecule has 0 atom stereocenters. The zero-order chi connectivity index (χ0) is 32.2. The van der Waals surface area contributed by atoms with Gasteiger partial charge in [-0.25, -0.2) is 19.3 Å². The van der Waals surface area contributed by atoms with Crippen LogP contribution in [0.15, 0.2) is 77.4 Å². The molecule has 0 radical (unpaired) electrons. The Morgan fingerprint density at radius 3 is 2.77 bits per heavy atom. The van der Waals surface area contributed by atoms with E-state index in [2.05, 4.69) is 30.2 Å². The van der Waals surface area contributed by atoms with Crippen LogP contribution in [-0.2, 0) is 4.74 Å². The SMILES string of the molecule is COc1cc2ncnc(Oc3ccc(Nc4nccc5[nH]cc(-c6cccs6)c(=O)c45)cc3F)c2cc1OCCCN1CCOCC1. The summed E-state index contributed by atoms with van der Waals surface area (Å²) in [6.45, 7) is 4.73. The number of nitrogens with one attached hydrogen (secondary N) is 2. The third kappa shape index (κ3) is 6.59. The van der Waals surface area contributed by atoms with Gasteiger partial charge in [-0.05, 0) is 42.1 Å². The van der Waals surface area contributed by atoms with Crippen LogP contribution in [0.2, 0.25) is 0 Å². The highest BCUT2D eigenvalue weighted by Crippen LogP contribution is 2.37. The number of fused-ring (bicyclic) bond motifs is 2. The van der Waals surface area contributed by atoms with Crippen molar-refractivity contribution in [2.75, 3.05) is 51.9 Å². The van der Waals surface area contributed by atoms with Gasteiger partial charge >= 0.3 is 0 Å². The summed E-state index contributed by atoms with van der Waals surface area (Å²) in [6, 6.07) is 13.4. The topological polar surface area (TPSA) is 124 Å². The molecule has 4 aromatic heterocycles. The summed E-state index contributed by atoms with van der Waals surface area (Å²) in [5.41, 5.74) is 1.92. The molecule has 1 aliphatic rings. The number of ether oxygens (including phenoxy) is 4. The lowest BCUT2D eigenvalue weighted by atomic mass is 10.1. The van der Waals surface area contributed by atoms with E-state index in [1.807, 2.05) is 17.5 Å². The minimum absolute atomic E-state index is 0.0388. The fourth-order valence-corrected chi connectivity index (χ4v) is 6.20. The van der Waals surface area contributed by atoms with Gasteiger partial charge in [0.05, 0.1) is 54.3 Å². The van der Waals surface area contributed by atoms with Crippen LogP contribution >= 0.6 is 11.3 Å². The van der Waals surface area contributed by atoms with Crippen molar-refractivity contribution in [2.24, 2.45) is 0 Å². The standard InChI is InChI=1S/C34H31FN6O5S/c1-43-28-18-26-22(17-29(28)45-12-3-9-41-10-13-44-14-11-41)34(39-20-38-26)46-27-6-5-21(16-24(27)35)40-33-31-25(7-8-36-33)37-19-23(32(31)42)30-4-2-15-47-30/h2,4-8,15-20H,3,9-14H2,1H3,(H,36,40)(H,37,42). The third-order valence-electron chi connectivity index (χ3n) is 7.85. The number of hydrogen-bond acceptors (Lipinski definition) is 11. The molecule has 0 saturated carbocycles. The summed E-state index contributed by atoms with van der Waals surface area (Å²) < 4.78 is 38.5. The quantitative estimate of drug-likeness (QED) is 0.152. The lowest BCUT2D eigenvalue weighted by Crippen LogP contribution is -2.37. The minimum atomic E-state index is -0.636. The predicted molar refractivity (Wildman–Crippen MR) is 179 cm³/mol. The molecular weight excluding hydrogens is 623 g/mol. The second-order valence-electron chi connectivity index (χ2n) is 10.8. The average molecular weight is 655 g/mol.